The molecule has 1 aromatic carbocycles. The molecule has 0 radical (unpaired) electrons. The molecule has 2 aliphatic rings. The van der Waals surface area contributed by atoms with Gasteiger partial charge in [0.15, 0.2) is 16.4 Å². The molecule has 0 saturated carbocycles. The Labute approximate surface area is 135 Å². The molecule has 0 bridgehead atoms. The van der Waals surface area contributed by atoms with E-state index in [2.05, 4.69) is 17.4 Å². The van der Waals surface area contributed by atoms with Gasteiger partial charge in [-0.2, -0.15) is 0 Å². The van der Waals surface area contributed by atoms with Crippen molar-refractivity contribution in [2.24, 2.45) is 0 Å². The standard InChI is InChI=1S/C15H19ClN2O3S/c16-13-9-22(20,21)10-14(13)17-15(19)8-18-6-5-11-3-1-2-4-12(11)7-18/h1-4,13-14H,5-10H2,(H,17,19)/p+1/t13-,14-/m0/s1. The lowest BCUT2D eigenvalue weighted by Gasteiger charge is -2.26. The Balaban J connectivity index is 1.55. The summed E-state index contributed by atoms with van der Waals surface area (Å²) in [4.78, 5) is 13.3. The highest BCUT2D eigenvalue weighted by molar-refractivity contribution is 7.91. The van der Waals surface area contributed by atoms with Crippen LogP contribution in [0.25, 0.3) is 0 Å². The summed E-state index contributed by atoms with van der Waals surface area (Å²) < 4.78 is 23.0. The van der Waals surface area contributed by atoms with Crippen LogP contribution in [0.2, 0.25) is 0 Å². The van der Waals surface area contributed by atoms with E-state index in [0.717, 1.165) is 19.5 Å². The van der Waals surface area contributed by atoms with Gasteiger partial charge in [0.25, 0.3) is 5.91 Å². The Kier molecular flexibility index (Phi) is 4.43. The number of carbonyl (C=O) groups excluding carboxylic acids is 1. The summed E-state index contributed by atoms with van der Waals surface area (Å²) in [6.07, 6.45) is 0.967. The number of amides is 1. The summed E-state index contributed by atoms with van der Waals surface area (Å²) in [5, 5.41) is 2.26. The minimum Gasteiger partial charge on any atom is -0.346 e. The molecule has 5 nitrogen and oxygen atoms in total. The summed E-state index contributed by atoms with van der Waals surface area (Å²) in [5.41, 5.74) is 2.64. The molecule has 1 saturated heterocycles. The van der Waals surface area contributed by atoms with Gasteiger partial charge in [0.2, 0.25) is 0 Å². The molecule has 120 valence electrons. The number of hydrogen-bond donors (Lipinski definition) is 2. The van der Waals surface area contributed by atoms with Crippen molar-refractivity contribution >= 4 is 27.3 Å². The van der Waals surface area contributed by atoms with Crippen LogP contribution < -0.4 is 10.2 Å². The zero-order chi connectivity index (χ0) is 15.7. The van der Waals surface area contributed by atoms with Gasteiger partial charge in [0, 0.05) is 12.0 Å². The van der Waals surface area contributed by atoms with Crippen molar-refractivity contribution in [1.82, 2.24) is 5.32 Å². The third kappa shape index (κ3) is 3.62. The normalized spacial score (nSPS) is 29.8. The van der Waals surface area contributed by atoms with E-state index in [-0.39, 0.29) is 17.4 Å². The highest BCUT2D eigenvalue weighted by Crippen LogP contribution is 2.17. The third-order valence-corrected chi connectivity index (χ3v) is 6.72. The molecule has 0 aliphatic carbocycles. The van der Waals surface area contributed by atoms with Crippen LogP contribution in [0.4, 0.5) is 0 Å². The molecule has 0 spiro atoms. The highest BCUT2D eigenvalue weighted by Gasteiger charge is 2.37. The van der Waals surface area contributed by atoms with Gasteiger partial charge in [-0.3, -0.25) is 4.79 Å². The van der Waals surface area contributed by atoms with Gasteiger partial charge in [-0.25, -0.2) is 8.42 Å². The lowest BCUT2D eigenvalue weighted by atomic mass is 10.00. The van der Waals surface area contributed by atoms with Crippen LogP contribution in [-0.2, 0) is 27.6 Å². The molecular formula is C15H20ClN2O3S+. The predicted molar refractivity (Wildman–Crippen MR) is 84.8 cm³/mol. The molecule has 2 N–H and O–H groups in total. The molecular weight excluding hydrogens is 324 g/mol. The Morgan fingerprint density at radius 3 is 2.68 bits per heavy atom. The van der Waals surface area contributed by atoms with Crippen molar-refractivity contribution in [2.75, 3.05) is 24.6 Å². The molecule has 0 aromatic heterocycles. The largest absolute Gasteiger partial charge is 0.346 e. The minimum absolute atomic E-state index is 0.0505. The number of quaternary nitrogens is 1. The van der Waals surface area contributed by atoms with Crippen LogP contribution in [0.3, 0.4) is 0 Å². The van der Waals surface area contributed by atoms with E-state index >= 15 is 0 Å². The van der Waals surface area contributed by atoms with Crippen LogP contribution in [0.5, 0.6) is 0 Å². The number of halogens is 1. The molecule has 1 fully saturated rings. The minimum atomic E-state index is -3.12. The van der Waals surface area contributed by atoms with Crippen molar-refractivity contribution in [3.8, 4) is 0 Å². The predicted octanol–water partition coefficient (Wildman–Crippen LogP) is -0.852. The topological polar surface area (TPSA) is 67.7 Å². The van der Waals surface area contributed by atoms with Gasteiger partial charge in [0.1, 0.15) is 6.54 Å². The second-order valence-corrected chi connectivity index (χ2v) is 8.85. The number of alkyl halides is 1. The molecule has 22 heavy (non-hydrogen) atoms. The van der Waals surface area contributed by atoms with Gasteiger partial charge in [-0.1, -0.05) is 24.3 Å². The second kappa shape index (κ2) is 6.18. The second-order valence-electron chi connectivity index (χ2n) is 6.14. The third-order valence-electron chi connectivity index (χ3n) is 4.35. The number of hydrogen-bond acceptors (Lipinski definition) is 3. The van der Waals surface area contributed by atoms with Gasteiger partial charge in [0.05, 0.1) is 29.5 Å². The van der Waals surface area contributed by atoms with Crippen molar-refractivity contribution in [3.05, 3.63) is 35.4 Å². The van der Waals surface area contributed by atoms with Crippen LogP contribution in [0.1, 0.15) is 11.1 Å². The number of rotatable bonds is 3. The van der Waals surface area contributed by atoms with E-state index < -0.39 is 21.3 Å². The molecule has 1 aromatic rings. The lowest BCUT2D eigenvalue weighted by molar-refractivity contribution is -0.908. The molecule has 7 heteroatoms. The fourth-order valence-corrected chi connectivity index (χ4v) is 5.77. The Bertz CT molecular complexity index is 677. The maximum Gasteiger partial charge on any atom is 0.275 e. The summed E-state index contributed by atoms with van der Waals surface area (Å²) in [6, 6.07) is 7.83. The zero-order valence-corrected chi connectivity index (χ0v) is 13.8. The summed E-state index contributed by atoms with van der Waals surface area (Å²) in [6.45, 7) is 2.10. The van der Waals surface area contributed by atoms with E-state index in [9.17, 15) is 13.2 Å². The Morgan fingerprint density at radius 1 is 1.27 bits per heavy atom. The average molecular weight is 344 g/mol. The van der Waals surface area contributed by atoms with Gasteiger partial charge in [-0.05, 0) is 5.56 Å². The van der Waals surface area contributed by atoms with Gasteiger partial charge in [-0.15, -0.1) is 11.6 Å². The van der Waals surface area contributed by atoms with E-state index in [1.54, 1.807) is 0 Å². The van der Waals surface area contributed by atoms with Crippen molar-refractivity contribution in [1.29, 1.82) is 0 Å². The maximum atomic E-state index is 12.2. The fourth-order valence-electron chi connectivity index (χ4n) is 3.22. The van der Waals surface area contributed by atoms with E-state index in [4.69, 9.17) is 11.6 Å². The summed E-state index contributed by atoms with van der Waals surface area (Å²) in [7, 11) is -3.12. The van der Waals surface area contributed by atoms with Gasteiger partial charge < -0.3 is 10.2 Å². The molecule has 1 unspecified atom stereocenters. The lowest BCUT2D eigenvalue weighted by Crippen LogP contribution is -3.13. The fraction of sp³-hybridized carbons (Fsp3) is 0.533. The van der Waals surface area contributed by atoms with Crippen LogP contribution >= 0.6 is 11.6 Å². The number of fused-ring (bicyclic) bond motifs is 1. The first-order valence-corrected chi connectivity index (χ1v) is 9.73. The van der Waals surface area contributed by atoms with Crippen LogP contribution in [-0.4, -0.2) is 50.3 Å². The first-order chi connectivity index (χ1) is 10.4. The number of benzene rings is 1. The SMILES string of the molecule is O=C(C[NH+]1CCc2ccccc2C1)N[C@H]1CS(=O)(=O)C[C@@H]1Cl. The smallest absolute Gasteiger partial charge is 0.275 e. The maximum absolute atomic E-state index is 12.2. The Hall–Kier alpha value is -1.11. The van der Waals surface area contributed by atoms with Crippen LogP contribution in [0.15, 0.2) is 24.3 Å². The Morgan fingerprint density at radius 2 is 2.00 bits per heavy atom. The number of sulfone groups is 1. The summed E-state index contributed by atoms with van der Waals surface area (Å²) in [5.74, 6) is -0.226. The monoisotopic (exact) mass is 343 g/mol. The number of carbonyl (C=O) groups is 1. The van der Waals surface area contributed by atoms with Crippen molar-refractivity contribution < 1.29 is 18.1 Å². The molecule has 1 amide bonds. The highest BCUT2D eigenvalue weighted by atomic mass is 35.5. The molecule has 2 aliphatic heterocycles. The van der Waals surface area contributed by atoms with Gasteiger partial charge >= 0.3 is 0 Å². The zero-order valence-electron chi connectivity index (χ0n) is 12.2. The first-order valence-electron chi connectivity index (χ1n) is 7.47. The van der Waals surface area contributed by atoms with Crippen molar-refractivity contribution in [3.63, 3.8) is 0 Å². The quantitative estimate of drug-likeness (QED) is 0.702. The van der Waals surface area contributed by atoms with Crippen molar-refractivity contribution in [2.45, 2.75) is 24.4 Å². The van der Waals surface area contributed by atoms with Crippen LogP contribution in [0, 0.1) is 0 Å². The summed E-state index contributed by atoms with van der Waals surface area (Å²) >= 11 is 6.02. The van der Waals surface area contributed by atoms with E-state index in [1.807, 2.05) is 12.1 Å². The average Bonchev–Trinajstić information content (AvgIpc) is 2.71. The number of nitrogens with one attached hydrogen (secondary N) is 2. The van der Waals surface area contributed by atoms with E-state index in [0.29, 0.717) is 6.54 Å². The van der Waals surface area contributed by atoms with E-state index in [1.165, 1.54) is 16.0 Å². The molecule has 3 atom stereocenters. The molecule has 2 heterocycles. The molecule has 3 rings (SSSR count). The first kappa shape index (κ1) is 15.8.